The van der Waals surface area contributed by atoms with E-state index in [1.807, 2.05) is 54.9 Å². The van der Waals surface area contributed by atoms with Crippen LogP contribution in [0.25, 0.3) is 66.7 Å². The molecule has 0 amide bonds. The van der Waals surface area contributed by atoms with Crippen molar-refractivity contribution in [2.75, 3.05) is 0 Å². The Morgan fingerprint density at radius 3 is 1.98 bits per heavy atom. The van der Waals surface area contributed by atoms with Crippen molar-refractivity contribution in [2.45, 2.75) is 70.6 Å². The molecule has 0 aliphatic heterocycles. The van der Waals surface area contributed by atoms with Crippen molar-refractivity contribution in [3.63, 3.8) is 0 Å². The first-order chi connectivity index (χ1) is 27.6. The zero-order chi connectivity index (χ0) is 41.4. The van der Waals surface area contributed by atoms with Gasteiger partial charge in [0.2, 0.25) is 0 Å². The molecule has 0 saturated heterocycles. The first kappa shape index (κ1) is 37.0. The first-order valence-electron chi connectivity index (χ1n) is 20.6. The van der Waals surface area contributed by atoms with Crippen LogP contribution in [0.2, 0.25) is 17.3 Å². The number of aryl methyl sites for hydroxylation is 2. The Morgan fingerprint density at radius 1 is 0.625 bits per heavy atom. The van der Waals surface area contributed by atoms with Crippen molar-refractivity contribution in [1.29, 1.82) is 0 Å². The topological polar surface area (TPSA) is 38.9 Å². The number of rotatable bonds is 7. The molecule has 0 unspecified atom stereocenters. The quantitative estimate of drug-likeness (QED) is 0.118. The van der Waals surface area contributed by atoms with Crippen LogP contribution in [0.5, 0.6) is 0 Å². The van der Waals surface area contributed by atoms with Gasteiger partial charge in [0.25, 0.3) is 0 Å². The largest absolute Gasteiger partial charge is 0 e. The smallest absolute Gasteiger partial charge is 0 e. The minimum Gasteiger partial charge on any atom is 0 e. The van der Waals surface area contributed by atoms with E-state index in [-0.39, 0.29) is 20.1 Å². The van der Waals surface area contributed by atoms with Crippen molar-refractivity contribution in [3.05, 3.63) is 162 Å². The van der Waals surface area contributed by atoms with Crippen LogP contribution in [-0.2, 0) is 20.1 Å². The molecule has 0 aliphatic rings. The summed E-state index contributed by atoms with van der Waals surface area (Å²) in [5.41, 5.74) is 13.5. The van der Waals surface area contributed by atoms with Gasteiger partial charge in [-0.15, -0.1) is 23.8 Å². The number of hydrogen-bond acceptors (Lipinski definition) is 3. The van der Waals surface area contributed by atoms with Crippen molar-refractivity contribution < 1.29 is 28.6 Å². The third kappa shape index (κ3) is 9.00. The molecule has 5 heteroatoms. The van der Waals surface area contributed by atoms with Crippen molar-refractivity contribution in [3.8, 4) is 44.8 Å². The average molecular weight is 975 g/mol. The molecule has 0 fully saturated rings. The number of nitrogens with zero attached hydrogens (tertiary/aromatic N) is 2. The van der Waals surface area contributed by atoms with Gasteiger partial charge < -0.3 is 9.40 Å². The van der Waals surface area contributed by atoms with Gasteiger partial charge in [0, 0.05) is 31.7 Å². The van der Waals surface area contributed by atoms with Crippen LogP contribution in [0.4, 0.5) is 0 Å². The van der Waals surface area contributed by atoms with Crippen LogP contribution in [0.1, 0.15) is 65.9 Å². The summed E-state index contributed by atoms with van der Waals surface area (Å²) in [6.45, 7) is 8.77. The number of pyridine rings is 2. The predicted octanol–water partition coefficient (Wildman–Crippen LogP) is 13.7. The zero-order valence-electron chi connectivity index (χ0n) is 36.4. The molecule has 0 spiro atoms. The van der Waals surface area contributed by atoms with Gasteiger partial charge in [-0.3, -0.25) is 0 Å². The Morgan fingerprint density at radius 2 is 1.30 bits per heavy atom. The van der Waals surface area contributed by atoms with Gasteiger partial charge in [-0.25, -0.2) is 0 Å². The fraction of sp³-hybridized carbons (Fsp3) is 0.216. The number of hydrogen-bond donors (Lipinski definition) is 0. The maximum absolute atomic E-state index is 7.87. The number of benzene rings is 5. The molecule has 0 saturated carbocycles. The molecule has 5 aromatic carbocycles. The summed E-state index contributed by atoms with van der Waals surface area (Å²) >= 11 is -1.96. The Kier molecular flexibility index (Phi) is 11.4. The molecule has 1 radical (unpaired) electrons. The monoisotopic (exact) mass is 976 g/mol. The van der Waals surface area contributed by atoms with E-state index in [4.69, 9.17) is 8.53 Å². The Bertz CT molecular complexity index is 2720. The zero-order valence-corrected chi connectivity index (χ0v) is 37.9. The molecular formula is C51H50GeIrN2O-2. The van der Waals surface area contributed by atoms with E-state index in [9.17, 15) is 0 Å². The fourth-order valence-corrected chi connectivity index (χ4v) is 10.6. The maximum atomic E-state index is 7.87. The maximum Gasteiger partial charge on any atom is 0 e. The van der Waals surface area contributed by atoms with E-state index in [1.165, 1.54) is 26.6 Å². The van der Waals surface area contributed by atoms with Gasteiger partial charge in [-0.2, -0.15) is 0 Å². The van der Waals surface area contributed by atoms with Crippen LogP contribution < -0.4 is 4.40 Å². The van der Waals surface area contributed by atoms with Gasteiger partial charge in [0.1, 0.15) is 5.58 Å². The van der Waals surface area contributed by atoms with E-state index < -0.39 is 20.1 Å². The Labute approximate surface area is 353 Å². The van der Waals surface area contributed by atoms with E-state index in [1.54, 1.807) is 6.07 Å². The molecule has 0 aliphatic carbocycles. The molecule has 3 nitrogen and oxygen atoms in total. The first-order valence-corrected chi connectivity index (χ1v) is 26.4. The summed E-state index contributed by atoms with van der Waals surface area (Å²) in [7, 11) is 0. The molecule has 56 heavy (non-hydrogen) atoms. The van der Waals surface area contributed by atoms with E-state index in [2.05, 4.69) is 141 Å². The molecule has 8 rings (SSSR count). The second-order valence-corrected chi connectivity index (χ2v) is 26.6. The molecule has 0 bridgehead atoms. The van der Waals surface area contributed by atoms with Crippen molar-refractivity contribution in [1.82, 2.24) is 9.97 Å². The molecule has 8 aromatic rings. The molecule has 3 heterocycles. The molecule has 3 aromatic heterocycles. The fourth-order valence-electron chi connectivity index (χ4n) is 7.05. The van der Waals surface area contributed by atoms with Crippen LogP contribution in [-0.4, -0.2) is 23.2 Å². The normalized spacial score (nSPS) is 12.5. The third-order valence-corrected chi connectivity index (χ3v) is 14.8. The van der Waals surface area contributed by atoms with Crippen LogP contribution in [0.15, 0.2) is 132 Å². The standard InChI is InChI=1S/C29H26NO.C22H24GeN.Ir/c1-18(2)20-5-7-21(8-6-20)23-9-11-25-26-15-24(10-12-28(26)31-29(25)17-23)27-16-22(19(3)4)13-14-30-27;1-16-11-12-19(14-20(16)18-9-7-6-8-10-18)22-13-17(2)21(15-24-22)23(3,4)5;/h5-9,11-19H,1-4H3;6-11,13-15H,1-5H3;/q2*-1;/i;1D3;. The molecule has 0 atom stereocenters. The van der Waals surface area contributed by atoms with Crippen molar-refractivity contribution in [2.24, 2.45) is 0 Å². The summed E-state index contributed by atoms with van der Waals surface area (Å²) in [4.78, 5) is 9.25. The number of fused-ring (bicyclic) bond motifs is 3. The van der Waals surface area contributed by atoms with Gasteiger partial charge in [0.15, 0.2) is 0 Å². The third-order valence-electron chi connectivity index (χ3n) is 10.3. The summed E-state index contributed by atoms with van der Waals surface area (Å²) in [6.07, 6.45) is 3.88. The van der Waals surface area contributed by atoms with Gasteiger partial charge in [0.05, 0.1) is 5.58 Å². The van der Waals surface area contributed by atoms with Crippen LogP contribution >= 0.6 is 0 Å². The summed E-state index contributed by atoms with van der Waals surface area (Å²) < 4.78 is 31.2. The van der Waals surface area contributed by atoms with E-state index in [0.29, 0.717) is 23.0 Å². The minimum absolute atomic E-state index is 0. The minimum atomic E-state index is -2.19. The molecular weight excluding hydrogens is 921 g/mol. The van der Waals surface area contributed by atoms with E-state index >= 15 is 0 Å². The van der Waals surface area contributed by atoms with Crippen LogP contribution in [0.3, 0.4) is 0 Å². The van der Waals surface area contributed by atoms with Gasteiger partial charge >= 0.3 is 152 Å². The second kappa shape index (κ2) is 17.3. The average Bonchev–Trinajstić information content (AvgIpc) is 3.57. The van der Waals surface area contributed by atoms with Gasteiger partial charge in [-0.1, -0.05) is 81.1 Å². The number of furan rings is 1. The summed E-state index contributed by atoms with van der Waals surface area (Å²) in [5.74, 6) is 8.07. The second-order valence-electron chi connectivity index (χ2n) is 16.0. The van der Waals surface area contributed by atoms with Crippen LogP contribution in [0, 0.1) is 25.9 Å². The van der Waals surface area contributed by atoms with E-state index in [0.717, 1.165) is 55.6 Å². The summed E-state index contributed by atoms with van der Waals surface area (Å²) in [6, 6.07) is 45.3. The number of aromatic nitrogens is 2. The summed E-state index contributed by atoms with van der Waals surface area (Å²) in [5, 5.41) is 2.22. The molecule has 285 valence electrons. The molecule has 0 N–H and O–H groups in total. The SMILES string of the molecule is CC(C)c1ccc(-c2ccc3c(c2)oc2c[c-]c(-c4cc(C(C)C)ccn4)cc23)cc1.[2H]C([2H])([2H])c1c[c-]c(-c2cc(C)[c]([Ge]([CH3])([CH3])[CH3])cn2)cc1-c1ccccc1.[Ir]. The Hall–Kier alpha value is -4.61. The van der Waals surface area contributed by atoms with Crippen molar-refractivity contribution >= 4 is 39.6 Å². The van der Waals surface area contributed by atoms with Gasteiger partial charge in [-0.05, 0) is 46.4 Å². The predicted molar refractivity (Wildman–Crippen MR) is 236 cm³/mol. The Balaban J connectivity index is 0.000000197.